The highest BCUT2D eigenvalue weighted by molar-refractivity contribution is 6.04. The predicted octanol–water partition coefficient (Wildman–Crippen LogP) is 1.57. The minimum absolute atomic E-state index is 0.171. The van der Waals surface area contributed by atoms with Gasteiger partial charge in [0.15, 0.2) is 0 Å². The molecule has 0 aliphatic heterocycles. The Labute approximate surface area is 115 Å². The first-order valence-electron chi connectivity index (χ1n) is 6.38. The Hall–Kier alpha value is -2.11. The molecule has 1 aromatic rings. The Morgan fingerprint density at radius 1 is 1.50 bits per heavy atom. The summed E-state index contributed by atoms with van der Waals surface area (Å²) in [5.41, 5.74) is -1.25. The van der Waals surface area contributed by atoms with Gasteiger partial charge in [-0.3, -0.25) is 9.59 Å². The van der Waals surface area contributed by atoms with Crippen LogP contribution in [0.1, 0.15) is 19.8 Å². The predicted molar refractivity (Wildman–Crippen MR) is 68.8 cm³/mol. The molecule has 2 rings (SSSR count). The second kappa shape index (κ2) is 5.48. The summed E-state index contributed by atoms with van der Waals surface area (Å²) in [5.74, 6) is -1.61. The fourth-order valence-electron chi connectivity index (χ4n) is 1.88. The lowest BCUT2D eigenvalue weighted by molar-refractivity contribution is -0.149. The highest BCUT2D eigenvalue weighted by Crippen LogP contribution is 2.46. The van der Waals surface area contributed by atoms with Gasteiger partial charge in [0, 0.05) is 6.07 Å². The highest BCUT2D eigenvalue weighted by Gasteiger charge is 2.57. The van der Waals surface area contributed by atoms with Crippen molar-refractivity contribution in [3.05, 3.63) is 30.1 Å². The molecule has 1 aliphatic carbocycles. The van der Waals surface area contributed by atoms with E-state index in [0.29, 0.717) is 18.6 Å². The van der Waals surface area contributed by atoms with E-state index in [4.69, 9.17) is 9.84 Å². The normalized spacial score (nSPS) is 17.1. The Morgan fingerprint density at radius 2 is 2.20 bits per heavy atom. The zero-order valence-electron chi connectivity index (χ0n) is 11.1. The van der Waals surface area contributed by atoms with E-state index in [9.17, 15) is 14.0 Å². The summed E-state index contributed by atoms with van der Waals surface area (Å²) in [5, 5.41) is 11.5. The summed E-state index contributed by atoms with van der Waals surface area (Å²) in [4.78, 5) is 22.7. The van der Waals surface area contributed by atoms with Crippen LogP contribution in [0.2, 0.25) is 0 Å². The van der Waals surface area contributed by atoms with E-state index in [2.05, 4.69) is 5.32 Å². The molecule has 108 valence electrons. The molecule has 1 aromatic carbocycles. The molecule has 2 N–H and O–H groups in total. The van der Waals surface area contributed by atoms with E-state index < -0.39 is 23.1 Å². The minimum Gasteiger partial charge on any atom is -0.489 e. The number of amides is 1. The van der Waals surface area contributed by atoms with Crippen molar-refractivity contribution in [2.75, 3.05) is 6.54 Å². The van der Waals surface area contributed by atoms with Crippen molar-refractivity contribution in [1.29, 1.82) is 0 Å². The van der Waals surface area contributed by atoms with Crippen molar-refractivity contribution in [2.45, 2.75) is 25.9 Å². The first kappa shape index (κ1) is 14.3. The average molecular weight is 281 g/mol. The second-order valence-corrected chi connectivity index (χ2v) is 4.98. The lowest BCUT2D eigenvalue weighted by Gasteiger charge is -2.17. The molecule has 1 aliphatic rings. The van der Waals surface area contributed by atoms with Gasteiger partial charge in [-0.1, -0.05) is 6.07 Å². The summed E-state index contributed by atoms with van der Waals surface area (Å²) in [6.07, 6.45) is 0.353. The minimum atomic E-state index is -1.25. The smallest absolute Gasteiger partial charge is 0.319 e. The summed E-state index contributed by atoms with van der Waals surface area (Å²) < 4.78 is 18.4. The van der Waals surface area contributed by atoms with Crippen LogP contribution in [0, 0.1) is 11.2 Å². The van der Waals surface area contributed by atoms with E-state index in [1.165, 1.54) is 18.2 Å². The Kier molecular flexibility index (Phi) is 3.92. The number of carboxylic acid groups (broad SMARTS) is 1. The Bertz CT molecular complexity index is 528. The zero-order chi connectivity index (χ0) is 14.8. The number of hydrogen-bond acceptors (Lipinski definition) is 3. The summed E-state index contributed by atoms with van der Waals surface area (Å²) in [7, 11) is 0. The lowest BCUT2D eigenvalue weighted by atomic mass is 10.1. The third-order valence-electron chi connectivity index (χ3n) is 3.28. The molecule has 0 radical (unpaired) electrons. The van der Waals surface area contributed by atoms with Gasteiger partial charge >= 0.3 is 5.97 Å². The molecule has 1 amide bonds. The van der Waals surface area contributed by atoms with Gasteiger partial charge in [-0.25, -0.2) is 4.39 Å². The SMILES string of the molecule is CC(CNC(=O)C1(C(=O)O)CC1)Oc1cccc(F)c1. The van der Waals surface area contributed by atoms with Crippen molar-refractivity contribution >= 4 is 11.9 Å². The standard InChI is InChI=1S/C14H16FNO4/c1-9(20-11-4-2-3-10(15)7-11)8-16-12(17)14(5-6-14)13(18)19/h2-4,7,9H,5-6,8H2,1H3,(H,16,17)(H,18,19). The van der Waals surface area contributed by atoms with Gasteiger partial charge in [0.1, 0.15) is 23.1 Å². The largest absolute Gasteiger partial charge is 0.489 e. The first-order valence-corrected chi connectivity index (χ1v) is 6.38. The van der Waals surface area contributed by atoms with E-state index in [0.717, 1.165) is 0 Å². The summed E-state index contributed by atoms with van der Waals surface area (Å²) in [6.45, 7) is 1.88. The number of carbonyl (C=O) groups excluding carboxylic acids is 1. The van der Waals surface area contributed by atoms with Crippen LogP contribution >= 0.6 is 0 Å². The fraction of sp³-hybridized carbons (Fsp3) is 0.429. The molecular weight excluding hydrogens is 265 g/mol. The van der Waals surface area contributed by atoms with E-state index in [-0.39, 0.29) is 12.6 Å². The van der Waals surface area contributed by atoms with Gasteiger partial charge in [0.25, 0.3) is 0 Å². The number of benzene rings is 1. The topological polar surface area (TPSA) is 75.6 Å². The molecule has 1 atom stereocenters. The maximum atomic E-state index is 13.0. The van der Waals surface area contributed by atoms with Crippen molar-refractivity contribution in [3.63, 3.8) is 0 Å². The highest BCUT2D eigenvalue weighted by atomic mass is 19.1. The van der Waals surface area contributed by atoms with Crippen LogP contribution in [0.3, 0.4) is 0 Å². The van der Waals surface area contributed by atoms with Gasteiger partial charge in [-0.15, -0.1) is 0 Å². The van der Waals surface area contributed by atoms with E-state index in [1.807, 2.05) is 0 Å². The number of carboxylic acids is 1. The summed E-state index contributed by atoms with van der Waals surface area (Å²) in [6, 6.07) is 5.70. The van der Waals surface area contributed by atoms with Crippen molar-refractivity contribution in [1.82, 2.24) is 5.32 Å². The number of halogens is 1. The molecule has 20 heavy (non-hydrogen) atoms. The van der Waals surface area contributed by atoms with Crippen LogP contribution < -0.4 is 10.1 Å². The number of aliphatic carboxylic acids is 1. The number of nitrogens with one attached hydrogen (secondary N) is 1. The third-order valence-corrected chi connectivity index (χ3v) is 3.28. The van der Waals surface area contributed by atoms with Gasteiger partial charge in [-0.05, 0) is 31.9 Å². The van der Waals surface area contributed by atoms with Gasteiger partial charge in [-0.2, -0.15) is 0 Å². The second-order valence-electron chi connectivity index (χ2n) is 4.98. The molecule has 0 bridgehead atoms. The first-order chi connectivity index (χ1) is 9.44. The molecule has 1 unspecified atom stereocenters. The Morgan fingerprint density at radius 3 is 2.75 bits per heavy atom. The average Bonchev–Trinajstić information content (AvgIpc) is 3.17. The third kappa shape index (κ3) is 3.07. The number of ether oxygens (including phenoxy) is 1. The van der Waals surface area contributed by atoms with Gasteiger partial charge in [0.2, 0.25) is 5.91 Å². The maximum Gasteiger partial charge on any atom is 0.319 e. The molecule has 1 saturated carbocycles. The molecule has 0 saturated heterocycles. The van der Waals surface area contributed by atoms with Crippen molar-refractivity contribution in [3.8, 4) is 5.75 Å². The van der Waals surface area contributed by atoms with Crippen LogP contribution in [0.25, 0.3) is 0 Å². The molecular formula is C14H16FNO4. The van der Waals surface area contributed by atoms with Crippen molar-refractivity contribution < 1.29 is 23.8 Å². The van der Waals surface area contributed by atoms with Crippen LogP contribution in [-0.2, 0) is 9.59 Å². The maximum absolute atomic E-state index is 13.0. The fourth-order valence-corrected chi connectivity index (χ4v) is 1.88. The van der Waals surface area contributed by atoms with Gasteiger partial charge in [0.05, 0.1) is 6.54 Å². The lowest BCUT2D eigenvalue weighted by Crippen LogP contribution is -2.41. The number of carbonyl (C=O) groups is 2. The zero-order valence-corrected chi connectivity index (χ0v) is 11.1. The van der Waals surface area contributed by atoms with E-state index in [1.54, 1.807) is 13.0 Å². The molecule has 0 aromatic heterocycles. The van der Waals surface area contributed by atoms with E-state index >= 15 is 0 Å². The van der Waals surface area contributed by atoms with Gasteiger partial charge < -0.3 is 15.2 Å². The van der Waals surface area contributed by atoms with Crippen LogP contribution in [0.4, 0.5) is 4.39 Å². The van der Waals surface area contributed by atoms with Crippen LogP contribution in [-0.4, -0.2) is 29.6 Å². The van der Waals surface area contributed by atoms with Crippen LogP contribution in [0.15, 0.2) is 24.3 Å². The molecule has 0 spiro atoms. The monoisotopic (exact) mass is 281 g/mol. The van der Waals surface area contributed by atoms with Crippen LogP contribution in [0.5, 0.6) is 5.75 Å². The molecule has 1 fully saturated rings. The number of rotatable bonds is 6. The number of hydrogen-bond donors (Lipinski definition) is 2. The summed E-state index contributed by atoms with van der Waals surface area (Å²) >= 11 is 0. The quantitative estimate of drug-likeness (QED) is 0.776. The molecule has 6 heteroatoms. The Balaban J connectivity index is 1.82. The molecule has 5 nitrogen and oxygen atoms in total. The van der Waals surface area contributed by atoms with Crippen molar-refractivity contribution in [2.24, 2.45) is 5.41 Å². The molecule has 0 heterocycles.